The number of carbonyl (C=O) groups is 1. The van der Waals surface area contributed by atoms with Crippen molar-refractivity contribution in [3.05, 3.63) is 12.2 Å². The van der Waals surface area contributed by atoms with Crippen LogP contribution in [0.2, 0.25) is 0 Å². The van der Waals surface area contributed by atoms with Crippen LogP contribution in [0.5, 0.6) is 0 Å². The molecule has 17 heavy (non-hydrogen) atoms. The monoisotopic (exact) mass is 242 g/mol. The van der Waals surface area contributed by atoms with E-state index in [-0.39, 0.29) is 18.2 Å². The maximum atomic E-state index is 11.3. The van der Waals surface area contributed by atoms with Crippen molar-refractivity contribution < 1.29 is 19.0 Å². The van der Waals surface area contributed by atoms with Crippen molar-refractivity contribution in [2.24, 2.45) is 0 Å². The van der Waals surface area contributed by atoms with Crippen LogP contribution < -0.4 is 0 Å². The number of hydrogen-bond donors (Lipinski definition) is 0. The second-order valence-corrected chi connectivity index (χ2v) is 4.51. The van der Waals surface area contributed by atoms with Crippen LogP contribution in [0.15, 0.2) is 12.2 Å². The van der Waals surface area contributed by atoms with Crippen molar-refractivity contribution in [1.29, 1.82) is 0 Å². The van der Waals surface area contributed by atoms with Gasteiger partial charge < -0.3 is 14.2 Å². The molecule has 1 aliphatic rings. The summed E-state index contributed by atoms with van der Waals surface area (Å²) >= 11 is 0. The van der Waals surface area contributed by atoms with Crippen molar-refractivity contribution in [3.63, 3.8) is 0 Å². The predicted molar refractivity (Wildman–Crippen MR) is 64.5 cm³/mol. The van der Waals surface area contributed by atoms with E-state index in [1.54, 1.807) is 6.92 Å². The van der Waals surface area contributed by atoms with E-state index in [9.17, 15) is 4.79 Å². The van der Waals surface area contributed by atoms with E-state index in [0.717, 1.165) is 0 Å². The van der Waals surface area contributed by atoms with Crippen LogP contribution in [0.1, 0.15) is 40.5 Å². The Balaban J connectivity index is 2.48. The van der Waals surface area contributed by atoms with Gasteiger partial charge in [-0.3, -0.25) is 4.79 Å². The highest BCUT2D eigenvalue weighted by atomic mass is 16.7. The first-order valence-corrected chi connectivity index (χ1v) is 6.12. The molecule has 0 bridgehead atoms. The van der Waals surface area contributed by atoms with E-state index in [1.807, 2.05) is 32.9 Å². The normalized spacial score (nSPS) is 27.5. The molecule has 1 rings (SSSR count). The Morgan fingerprint density at radius 3 is 2.71 bits per heavy atom. The number of rotatable bonds is 5. The highest BCUT2D eigenvalue weighted by Gasteiger charge is 2.39. The number of esters is 1. The molecule has 0 spiro atoms. The fourth-order valence-corrected chi connectivity index (χ4v) is 1.93. The van der Waals surface area contributed by atoms with Gasteiger partial charge in [0, 0.05) is 6.42 Å². The lowest BCUT2D eigenvalue weighted by molar-refractivity contribution is -0.149. The van der Waals surface area contributed by atoms with E-state index >= 15 is 0 Å². The second-order valence-electron chi connectivity index (χ2n) is 4.51. The molecule has 1 fully saturated rings. The molecule has 1 heterocycles. The van der Waals surface area contributed by atoms with Gasteiger partial charge in [-0.2, -0.15) is 0 Å². The van der Waals surface area contributed by atoms with Gasteiger partial charge in [-0.15, -0.1) is 0 Å². The molecule has 2 atom stereocenters. The minimum atomic E-state index is -0.580. The Morgan fingerprint density at radius 1 is 1.41 bits per heavy atom. The highest BCUT2D eigenvalue weighted by Crippen LogP contribution is 2.31. The van der Waals surface area contributed by atoms with Crippen molar-refractivity contribution in [3.8, 4) is 0 Å². The molecular weight excluding hydrogens is 220 g/mol. The molecule has 0 radical (unpaired) electrons. The summed E-state index contributed by atoms with van der Waals surface area (Å²) in [6.45, 7) is 7.93. The highest BCUT2D eigenvalue weighted by molar-refractivity contribution is 5.69. The average molecular weight is 242 g/mol. The topological polar surface area (TPSA) is 44.8 Å². The first-order valence-electron chi connectivity index (χ1n) is 6.12. The third-order valence-corrected chi connectivity index (χ3v) is 2.54. The lowest BCUT2D eigenvalue weighted by Crippen LogP contribution is -2.22. The minimum Gasteiger partial charge on any atom is -0.466 e. The average Bonchev–Trinajstić information content (AvgIpc) is 2.51. The molecular formula is C13H22O4. The first-order chi connectivity index (χ1) is 7.98. The smallest absolute Gasteiger partial charge is 0.305 e. The van der Waals surface area contributed by atoms with E-state index in [0.29, 0.717) is 19.4 Å². The predicted octanol–water partition coefficient (Wildman–Crippen LogP) is 2.43. The van der Waals surface area contributed by atoms with E-state index in [4.69, 9.17) is 14.2 Å². The van der Waals surface area contributed by atoms with Gasteiger partial charge in [-0.05, 0) is 34.1 Å². The van der Waals surface area contributed by atoms with Gasteiger partial charge in [0.25, 0.3) is 0 Å². The molecule has 0 aromatic carbocycles. The largest absolute Gasteiger partial charge is 0.466 e. The van der Waals surface area contributed by atoms with Crippen molar-refractivity contribution >= 4 is 5.97 Å². The summed E-state index contributed by atoms with van der Waals surface area (Å²) in [7, 11) is 0. The molecule has 0 aromatic rings. The molecule has 1 saturated heterocycles. The lowest BCUT2D eigenvalue weighted by Gasteiger charge is -2.16. The summed E-state index contributed by atoms with van der Waals surface area (Å²) in [6.07, 6.45) is 4.73. The van der Waals surface area contributed by atoms with Crippen LogP contribution in [0.25, 0.3) is 0 Å². The van der Waals surface area contributed by atoms with E-state index < -0.39 is 5.79 Å². The molecule has 0 N–H and O–H groups in total. The minimum absolute atomic E-state index is 0.0781. The fraction of sp³-hybridized carbons (Fsp3) is 0.769. The fourth-order valence-electron chi connectivity index (χ4n) is 1.93. The number of ether oxygens (including phenoxy) is 3. The zero-order valence-corrected chi connectivity index (χ0v) is 11.1. The Kier molecular flexibility index (Phi) is 5.15. The molecule has 4 nitrogen and oxygen atoms in total. The van der Waals surface area contributed by atoms with Crippen LogP contribution in [-0.2, 0) is 19.0 Å². The quantitative estimate of drug-likeness (QED) is 0.548. The summed E-state index contributed by atoms with van der Waals surface area (Å²) in [4.78, 5) is 11.3. The molecule has 0 aromatic heterocycles. The number of carbonyl (C=O) groups excluding carboxylic acids is 1. The Labute approximate surface area is 103 Å². The SMILES string of the molecule is C/C=C\[C@H]1OC(C)(C)O[C@H]1CCC(=O)OCC. The molecule has 98 valence electrons. The van der Waals surface area contributed by atoms with Gasteiger partial charge in [0.1, 0.15) is 6.10 Å². The summed E-state index contributed by atoms with van der Waals surface area (Å²) in [5.74, 6) is -0.760. The molecule has 0 amide bonds. The van der Waals surface area contributed by atoms with E-state index in [2.05, 4.69) is 0 Å². The Bertz CT molecular complexity index is 283. The zero-order chi connectivity index (χ0) is 12.9. The molecule has 1 aliphatic heterocycles. The zero-order valence-electron chi connectivity index (χ0n) is 11.1. The maximum Gasteiger partial charge on any atom is 0.305 e. The van der Waals surface area contributed by atoms with Crippen LogP contribution in [0.4, 0.5) is 0 Å². The van der Waals surface area contributed by atoms with Crippen LogP contribution >= 0.6 is 0 Å². The van der Waals surface area contributed by atoms with Gasteiger partial charge >= 0.3 is 5.97 Å². The van der Waals surface area contributed by atoms with Gasteiger partial charge in [-0.1, -0.05) is 12.2 Å². The number of hydrogen-bond acceptors (Lipinski definition) is 4. The Morgan fingerprint density at radius 2 is 2.12 bits per heavy atom. The third-order valence-electron chi connectivity index (χ3n) is 2.54. The molecule has 0 unspecified atom stereocenters. The molecule has 0 saturated carbocycles. The summed E-state index contributed by atoms with van der Waals surface area (Å²) in [5.41, 5.74) is 0. The third kappa shape index (κ3) is 4.48. The second kappa shape index (κ2) is 6.17. The molecule has 4 heteroatoms. The first kappa shape index (κ1) is 14.2. The van der Waals surface area contributed by atoms with Crippen molar-refractivity contribution in [2.75, 3.05) is 6.61 Å². The van der Waals surface area contributed by atoms with Crippen molar-refractivity contribution in [2.45, 2.75) is 58.5 Å². The van der Waals surface area contributed by atoms with Crippen LogP contribution in [-0.4, -0.2) is 30.6 Å². The summed E-state index contributed by atoms with van der Waals surface area (Å²) in [6, 6.07) is 0. The van der Waals surface area contributed by atoms with Gasteiger partial charge in [-0.25, -0.2) is 0 Å². The van der Waals surface area contributed by atoms with Crippen molar-refractivity contribution in [1.82, 2.24) is 0 Å². The van der Waals surface area contributed by atoms with Gasteiger partial charge in [0.05, 0.1) is 12.7 Å². The van der Waals surface area contributed by atoms with Gasteiger partial charge in [0.2, 0.25) is 0 Å². The summed E-state index contributed by atoms with van der Waals surface area (Å²) in [5, 5.41) is 0. The van der Waals surface area contributed by atoms with Crippen LogP contribution in [0, 0.1) is 0 Å². The maximum absolute atomic E-state index is 11.3. The lowest BCUT2D eigenvalue weighted by atomic mass is 10.1. The molecule has 0 aliphatic carbocycles. The Hall–Kier alpha value is -0.870. The number of allylic oxidation sites excluding steroid dienone is 1. The standard InChI is InChI=1S/C13H22O4/c1-5-7-10-11(17-13(3,4)16-10)8-9-12(14)15-6-2/h5,7,10-11H,6,8-9H2,1-4H3/b7-5-/t10-,11+/m1/s1. The van der Waals surface area contributed by atoms with E-state index in [1.165, 1.54) is 0 Å². The van der Waals surface area contributed by atoms with Crippen LogP contribution in [0.3, 0.4) is 0 Å². The van der Waals surface area contributed by atoms with Gasteiger partial charge in [0.15, 0.2) is 5.79 Å². The summed E-state index contributed by atoms with van der Waals surface area (Å²) < 4.78 is 16.4.